The van der Waals surface area contributed by atoms with Gasteiger partial charge in [-0.05, 0) is 68.7 Å². The summed E-state index contributed by atoms with van der Waals surface area (Å²) < 4.78 is 4.89. The van der Waals surface area contributed by atoms with Gasteiger partial charge in [0, 0.05) is 24.8 Å². The lowest BCUT2D eigenvalue weighted by Gasteiger charge is -2.41. The predicted molar refractivity (Wildman–Crippen MR) is 195 cm³/mol. The van der Waals surface area contributed by atoms with E-state index >= 15 is 0 Å². The maximum atomic E-state index is 13.9. The van der Waals surface area contributed by atoms with Crippen LogP contribution in [0.25, 0.3) is 11.3 Å². The molecule has 0 spiro atoms. The normalized spacial score (nSPS) is 14.0. The highest BCUT2D eigenvalue weighted by Crippen LogP contribution is 2.30. The zero-order valence-electron chi connectivity index (χ0n) is 30.9. The topological polar surface area (TPSA) is 161 Å². The third-order valence-corrected chi connectivity index (χ3v) is 8.71. The Morgan fingerprint density at radius 2 is 1.45 bits per heavy atom. The average Bonchev–Trinajstić information content (AvgIpc) is 3.06. The number of pyridine rings is 1. The van der Waals surface area contributed by atoms with Crippen LogP contribution in [-0.2, 0) is 27.2 Å². The molecule has 0 saturated carbocycles. The van der Waals surface area contributed by atoms with Crippen LogP contribution in [0.4, 0.5) is 9.59 Å². The van der Waals surface area contributed by atoms with E-state index in [2.05, 4.69) is 15.6 Å². The molecule has 0 aliphatic heterocycles. The van der Waals surface area contributed by atoms with Crippen molar-refractivity contribution in [1.82, 2.24) is 25.6 Å². The van der Waals surface area contributed by atoms with E-state index in [0.717, 1.165) is 32.4 Å². The van der Waals surface area contributed by atoms with Crippen molar-refractivity contribution in [1.29, 1.82) is 0 Å². The van der Waals surface area contributed by atoms with E-state index in [1.54, 1.807) is 27.0 Å². The molecule has 3 rings (SSSR count). The van der Waals surface area contributed by atoms with Crippen LogP contribution < -0.4 is 10.6 Å². The molecule has 12 nitrogen and oxygen atoms in total. The Morgan fingerprint density at radius 3 is 1.98 bits per heavy atom. The van der Waals surface area contributed by atoms with E-state index in [9.17, 15) is 29.4 Å². The molecule has 0 aliphatic carbocycles. The van der Waals surface area contributed by atoms with Crippen molar-refractivity contribution in [2.24, 2.45) is 11.3 Å². The number of nitrogens with one attached hydrogen (secondary N) is 2. The van der Waals surface area contributed by atoms with Gasteiger partial charge >= 0.3 is 18.1 Å². The number of rotatable bonds is 13. The average molecular weight is 704 g/mol. The van der Waals surface area contributed by atoms with Crippen LogP contribution in [0.3, 0.4) is 0 Å². The van der Waals surface area contributed by atoms with Crippen LogP contribution in [-0.4, -0.2) is 87.1 Å². The van der Waals surface area contributed by atoms with Gasteiger partial charge in [-0.2, -0.15) is 0 Å². The van der Waals surface area contributed by atoms with Gasteiger partial charge in [0.05, 0.1) is 42.8 Å². The van der Waals surface area contributed by atoms with Gasteiger partial charge in [-0.1, -0.05) is 81.4 Å². The van der Waals surface area contributed by atoms with Crippen LogP contribution in [0.2, 0.25) is 0 Å². The number of aliphatic hydroxyl groups excluding tert-OH is 1. The highest BCUT2D eigenvalue weighted by molar-refractivity contribution is 5.84. The second-order valence-electron chi connectivity index (χ2n) is 14.9. The van der Waals surface area contributed by atoms with E-state index in [0.29, 0.717) is 6.42 Å². The fraction of sp³-hybridized carbons (Fsp3) is 0.462. The number of carboxylic acid groups (broad SMARTS) is 1. The second-order valence-corrected chi connectivity index (χ2v) is 14.9. The van der Waals surface area contributed by atoms with Crippen molar-refractivity contribution in [3.63, 3.8) is 0 Å². The zero-order valence-corrected chi connectivity index (χ0v) is 30.9. The molecule has 51 heavy (non-hydrogen) atoms. The molecule has 0 bridgehead atoms. The first-order valence-electron chi connectivity index (χ1n) is 17.1. The molecule has 0 radical (unpaired) electrons. The van der Waals surface area contributed by atoms with E-state index in [-0.39, 0.29) is 25.2 Å². The largest absolute Gasteiger partial charge is 0.469 e. The number of nitrogens with zero attached hydrogens (tertiary/aromatic N) is 3. The fourth-order valence-electron chi connectivity index (χ4n) is 5.97. The molecule has 4 atom stereocenters. The molecular formula is C39H53N5O7. The summed E-state index contributed by atoms with van der Waals surface area (Å²) in [6, 6.07) is 20.6. The number of amides is 4. The van der Waals surface area contributed by atoms with Crippen molar-refractivity contribution in [2.45, 2.75) is 91.0 Å². The van der Waals surface area contributed by atoms with Gasteiger partial charge in [0.1, 0.15) is 0 Å². The van der Waals surface area contributed by atoms with Gasteiger partial charge in [0.2, 0.25) is 5.91 Å². The monoisotopic (exact) mass is 703 g/mol. The number of carbonyl (C=O) groups is 4. The molecule has 1 aromatic heterocycles. The molecule has 3 aromatic rings. The number of esters is 1. The summed E-state index contributed by atoms with van der Waals surface area (Å²) in [5.74, 6) is -1.59. The first-order chi connectivity index (χ1) is 23.9. The minimum absolute atomic E-state index is 0.0326. The number of hydrazine groups is 1. The molecule has 1 heterocycles. The summed E-state index contributed by atoms with van der Waals surface area (Å²) in [6.45, 7) is 10.8. The van der Waals surface area contributed by atoms with Crippen molar-refractivity contribution in [3.8, 4) is 11.3 Å². The van der Waals surface area contributed by atoms with E-state index in [1.165, 1.54) is 14.2 Å². The molecule has 12 heteroatoms. The van der Waals surface area contributed by atoms with Crippen LogP contribution in [0, 0.1) is 11.3 Å². The standard InChI is InChI=1S/C39H53N5O7/c1-38(2,3)30(25-34(46)51-8)35(47)41-29(22-27-17-19-28(20-18-27)31-16-12-13-21-40-31)24-33(45)32(23-26-14-10-9-11-15-26)42-36(48)44(39(4,5)6)43(7)37(49)50/h9-21,29-30,32-33,45H,22-25H2,1-8H3,(H,41,47)(H,42,48)(H,49,50)/t29-,30+,32-,33-/m0/s1. The number of hydrogen-bond acceptors (Lipinski definition) is 7. The Labute approximate surface area is 301 Å². The van der Waals surface area contributed by atoms with E-state index in [1.807, 2.05) is 93.6 Å². The Morgan fingerprint density at radius 1 is 0.843 bits per heavy atom. The lowest BCUT2D eigenvalue weighted by atomic mass is 9.78. The second kappa shape index (κ2) is 17.8. The maximum absolute atomic E-state index is 13.9. The van der Waals surface area contributed by atoms with Gasteiger partial charge in [0.15, 0.2) is 0 Å². The number of hydrogen-bond donors (Lipinski definition) is 4. The molecule has 0 saturated heterocycles. The lowest BCUT2D eigenvalue weighted by Crippen LogP contribution is -2.62. The molecule has 0 aliphatic rings. The maximum Gasteiger partial charge on any atom is 0.426 e. The zero-order chi connectivity index (χ0) is 37.9. The van der Waals surface area contributed by atoms with Gasteiger partial charge < -0.3 is 25.6 Å². The summed E-state index contributed by atoms with van der Waals surface area (Å²) in [7, 11) is 2.56. The van der Waals surface area contributed by atoms with Crippen LogP contribution in [0.15, 0.2) is 79.0 Å². The SMILES string of the molecule is COC(=O)C[C@H](C(=O)N[C@@H](Cc1ccc(-c2ccccn2)cc1)C[C@H](O)[C@H](Cc1ccccc1)NC(=O)N(N(C)C(=O)O)C(C)(C)C)C(C)(C)C. The van der Waals surface area contributed by atoms with Crippen molar-refractivity contribution in [3.05, 3.63) is 90.1 Å². The van der Waals surface area contributed by atoms with E-state index < -0.39 is 53.2 Å². The Kier molecular flexibility index (Phi) is 14.1. The number of aromatic nitrogens is 1. The molecule has 4 N–H and O–H groups in total. The number of ether oxygens (including phenoxy) is 1. The lowest BCUT2D eigenvalue weighted by molar-refractivity contribution is -0.146. The first-order valence-corrected chi connectivity index (χ1v) is 17.1. The quantitative estimate of drug-likeness (QED) is 0.130. The first kappa shape index (κ1) is 40.5. The van der Waals surface area contributed by atoms with Crippen LogP contribution >= 0.6 is 0 Å². The van der Waals surface area contributed by atoms with Gasteiger partial charge in [-0.25, -0.2) is 19.6 Å². The summed E-state index contributed by atoms with van der Waals surface area (Å²) >= 11 is 0. The highest BCUT2D eigenvalue weighted by atomic mass is 16.5. The van der Waals surface area contributed by atoms with Crippen molar-refractivity contribution < 1.29 is 34.1 Å². The number of aliphatic hydroxyl groups is 1. The number of benzene rings is 2. The molecule has 4 amide bonds. The number of carbonyl (C=O) groups excluding carboxylic acids is 3. The Bertz CT molecular complexity index is 1590. The van der Waals surface area contributed by atoms with Crippen molar-refractivity contribution in [2.75, 3.05) is 14.2 Å². The Hall–Kier alpha value is -4.97. The summed E-state index contributed by atoms with van der Waals surface area (Å²) in [5, 5.41) is 29.5. The molecular weight excluding hydrogens is 650 g/mol. The van der Waals surface area contributed by atoms with Gasteiger partial charge in [-0.3, -0.25) is 14.6 Å². The minimum Gasteiger partial charge on any atom is -0.469 e. The van der Waals surface area contributed by atoms with Crippen molar-refractivity contribution >= 4 is 24.0 Å². The van der Waals surface area contributed by atoms with Crippen LogP contribution in [0.5, 0.6) is 0 Å². The predicted octanol–water partition coefficient (Wildman–Crippen LogP) is 5.70. The van der Waals surface area contributed by atoms with Crippen LogP contribution in [0.1, 0.15) is 65.5 Å². The third-order valence-electron chi connectivity index (χ3n) is 8.71. The summed E-state index contributed by atoms with van der Waals surface area (Å²) in [5.41, 5.74) is 1.97. The smallest absolute Gasteiger partial charge is 0.426 e. The third kappa shape index (κ3) is 12.1. The molecule has 0 fully saturated rings. The summed E-state index contributed by atoms with van der Waals surface area (Å²) in [4.78, 5) is 56.3. The number of urea groups is 1. The van der Waals surface area contributed by atoms with Gasteiger partial charge in [-0.15, -0.1) is 0 Å². The number of methoxy groups -OCH3 is 1. The van der Waals surface area contributed by atoms with E-state index in [4.69, 9.17) is 4.74 Å². The molecule has 0 unspecified atom stereocenters. The highest BCUT2D eigenvalue weighted by Gasteiger charge is 2.37. The molecule has 2 aromatic carbocycles. The summed E-state index contributed by atoms with van der Waals surface area (Å²) in [6.07, 6.45) is -0.300. The minimum atomic E-state index is -1.32. The van der Waals surface area contributed by atoms with Gasteiger partial charge in [0.25, 0.3) is 0 Å². The molecule has 276 valence electrons. The Balaban J connectivity index is 1.97. The fourth-order valence-corrected chi connectivity index (χ4v) is 5.97.